The third-order valence-electron chi connectivity index (χ3n) is 3.23. The van der Waals surface area contributed by atoms with E-state index >= 15 is 0 Å². The monoisotopic (exact) mass is 357 g/mol. The number of aromatic hydroxyl groups is 1. The van der Waals surface area contributed by atoms with Gasteiger partial charge in [0.05, 0.1) is 5.56 Å². The molecule has 2 aromatic heterocycles. The van der Waals surface area contributed by atoms with Gasteiger partial charge >= 0.3 is 0 Å². The van der Waals surface area contributed by atoms with Crippen molar-refractivity contribution >= 4 is 28.7 Å². The number of phenolic OH excluding ortho intramolecular Hbond substituents is 1. The van der Waals surface area contributed by atoms with E-state index in [1.807, 2.05) is 0 Å². The van der Waals surface area contributed by atoms with Crippen LogP contribution in [0.4, 0.5) is 0 Å². The smallest absolute Gasteiger partial charge is 0.274 e. The highest BCUT2D eigenvalue weighted by Gasteiger charge is 2.18. The van der Waals surface area contributed by atoms with Crippen molar-refractivity contribution in [1.82, 2.24) is 9.55 Å². The van der Waals surface area contributed by atoms with Gasteiger partial charge in [-0.1, -0.05) is 11.6 Å². The zero-order valence-corrected chi connectivity index (χ0v) is 13.5. The Hall–Kier alpha value is -2.95. The zero-order chi connectivity index (χ0) is 17.3. The summed E-state index contributed by atoms with van der Waals surface area (Å²) in [5, 5.41) is 21.3. The predicted molar refractivity (Wildman–Crippen MR) is 89.0 cm³/mol. The summed E-state index contributed by atoms with van der Waals surface area (Å²) in [6.45, 7) is 0. The predicted octanol–water partition coefficient (Wildman–Crippen LogP) is 2.76. The summed E-state index contributed by atoms with van der Waals surface area (Å²) in [5.74, 6) is -0.799. The summed E-state index contributed by atoms with van der Waals surface area (Å²) in [7, 11) is 0. The molecular formula is C16H8ClN3O3S. The van der Waals surface area contributed by atoms with Crippen molar-refractivity contribution in [3.05, 3.63) is 74.1 Å². The van der Waals surface area contributed by atoms with Gasteiger partial charge in [-0.3, -0.25) is 14.2 Å². The van der Waals surface area contributed by atoms with Gasteiger partial charge in [0.2, 0.25) is 0 Å². The number of rotatable bonds is 3. The van der Waals surface area contributed by atoms with Gasteiger partial charge < -0.3 is 5.11 Å². The lowest BCUT2D eigenvalue weighted by atomic mass is 10.0. The van der Waals surface area contributed by atoms with Crippen molar-refractivity contribution < 1.29 is 9.90 Å². The van der Waals surface area contributed by atoms with Gasteiger partial charge in [0, 0.05) is 28.4 Å². The Morgan fingerprint density at radius 1 is 1.38 bits per heavy atom. The molecule has 0 radical (unpaired) electrons. The maximum Gasteiger partial charge on any atom is 0.274 e. The molecule has 24 heavy (non-hydrogen) atoms. The van der Waals surface area contributed by atoms with Crippen LogP contribution in [-0.4, -0.2) is 20.4 Å². The van der Waals surface area contributed by atoms with Crippen molar-refractivity contribution in [3.63, 3.8) is 0 Å². The summed E-state index contributed by atoms with van der Waals surface area (Å²) < 4.78 is 1.14. The average molecular weight is 358 g/mol. The number of benzene rings is 1. The average Bonchev–Trinajstić information content (AvgIpc) is 3.11. The Kier molecular flexibility index (Phi) is 4.16. The second kappa shape index (κ2) is 6.28. The molecule has 0 aliphatic heterocycles. The minimum absolute atomic E-state index is 0.0178. The maximum absolute atomic E-state index is 12.7. The van der Waals surface area contributed by atoms with Crippen molar-refractivity contribution in [1.29, 1.82) is 5.26 Å². The quantitative estimate of drug-likeness (QED) is 0.727. The van der Waals surface area contributed by atoms with Crippen LogP contribution in [0, 0.1) is 11.3 Å². The summed E-state index contributed by atoms with van der Waals surface area (Å²) in [6.07, 6.45) is 2.81. The molecule has 0 atom stereocenters. The lowest BCUT2D eigenvalue weighted by Crippen LogP contribution is -2.22. The number of nitrogens with zero attached hydrogens (tertiary/aromatic N) is 3. The van der Waals surface area contributed by atoms with Crippen LogP contribution in [0.3, 0.4) is 0 Å². The van der Waals surface area contributed by atoms with Crippen LogP contribution in [0.2, 0.25) is 5.02 Å². The van der Waals surface area contributed by atoms with E-state index in [2.05, 4.69) is 4.98 Å². The van der Waals surface area contributed by atoms with Gasteiger partial charge in [0.15, 0.2) is 10.9 Å². The number of carbonyl (C=O) groups excluding carboxylic acids is 1. The number of ketones is 1. The lowest BCUT2D eigenvalue weighted by molar-refractivity contribution is 0.103. The van der Waals surface area contributed by atoms with E-state index in [9.17, 15) is 14.7 Å². The van der Waals surface area contributed by atoms with Crippen molar-refractivity contribution in [2.75, 3.05) is 0 Å². The molecule has 1 aromatic carbocycles. The zero-order valence-electron chi connectivity index (χ0n) is 11.9. The highest BCUT2D eigenvalue weighted by molar-refractivity contribution is 7.12. The molecule has 3 aromatic rings. The topological polar surface area (TPSA) is 96.0 Å². The fourth-order valence-electron chi connectivity index (χ4n) is 2.11. The Balaban J connectivity index is 2.20. The van der Waals surface area contributed by atoms with Crippen LogP contribution in [-0.2, 0) is 0 Å². The van der Waals surface area contributed by atoms with Crippen LogP contribution in [0.5, 0.6) is 5.75 Å². The third-order valence-corrected chi connectivity index (χ3v) is 4.23. The second-order valence-corrected chi connectivity index (χ2v) is 6.04. The molecule has 0 saturated heterocycles. The van der Waals surface area contributed by atoms with Crippen molar-refractivity contribution in [2.24, 2.45) is 0 Å². The first kappa shape index (κ1) is 15.9. The normalized spacial score (nSPS) is 10.3. The molecule has 118 valence electrons. The highest BCUT2D eigenvalue weighted by Crippen LogP contribution is 2.24. The molecule has 0 fully saturated rings. The number of hydrogen-bond acceptors (Lipinski definition) is 6. The number of thiazole rings is 1. The maximum atomic E-state index is 12.7. The number of halogens is 1. The van der Waals surface area contributed by atoms with E-state index in [1.165, 1.54) is 48.0 Å². The van der Waals surface area contributed by atoms with Gasteiger partial charge in [-0.2, -0.15) is 5.26 Å². The molecule has 0 amide bonds. The fourth-order valence-corrected chi connectivity index (χ4v) is 2.90. The van der Waals surface area contributed by atoms with Gasteiger partial charge in [0.1, 0.15) is 17.4 Å². The molecule has 8 heteroatoms. The van der Waals surface area contributed by atoms with Crippen molar-refractivity contribution in [2.45, 2.75) is 0 Å². The van der Waals surface area contributed by atoms with Crippen LogP contribution < -0.4 is 5.56 Å². The largest absolute Gasteiger partial charge is 0.507 e. The Labute approximate surface area is 144 Å². The van der Waals surface area contributed by atoms with Crippen LogP contribution in [0.1, 0.15) is 21.5 Å². The molecule has 0 saturated carbocycles. The minimum Gasteiger partial charge on any atom is -0.507 e. The summed E-state index contributed by atoms with van der Waals surface area (Å²) in [6, 6.07) is 7.04. The van der Waals surface area contributed by atoms with E-state index in [0.717, 1.165) is 4.57 Å². The van der Waals surface area contributed by atoms with E-state index in [1.54, 1.807) is 11.4 Å². The molecule has 0 spiro atoms. The van der Waals surface area contributed by atoms with Gasteiger partial charge in [-0.05, 0) is 24.3 Å². The van der Waals surface area contributed by atoms with E-state index in [-0.39, 0.29) is 27.5 Å². The van der Waals surface area contributed by atoms with Crippen molar-refractivity contribution in [3.8, 4) is 17.0 Å². The highest BCUT2D eigenvalue weighted by atomic mass is 35.5. The van der Waals surface area contributed by atoms with Gasteiger partial charge in [0.25, 0.3) is 5.56 Å². The van der Waals surface area contributed by atoms with E-state index in [4.69, 9.17) is 16.9 Å². The summed E-state index contributed by atoms with van der Waals surface area (Å²) in [4.78, 5) is 28.9. The molecular weight excluding hydrogens is 350 g/mol. The Morgan fingerprint density at radius 3 is 2.83 bits per heavy atom. The third kappa shape index (κ3) is 2.80. The number of carbonyl (C=O) groups is 1. The molecule has 3 rings (SSSR count). The van der Waals surface area contributed by atoms with Crippen LogP contribution >= 0.6 is 22.9 Å². The van der Waals surface area contributed by atoms with E-state index in [0.29, 0.717) is 5.13 Å². The van der Waals surface area contributed by atoms with Crippen LogP contribution in [0.25, 0.3) is 5.13 Å². The van der Waals surface area contributed by atoms with Crippen LogP contribution in [0.15, 0.2) is 46.8 Å². The summed E-state index contributed by atoms with van der Waals surface area (Å²) in [5.41, 5.74) is -0.716. The standard InChI is InChI=1S/C16H8ClN3O3S/c17-11-1-2-13(21)12(6-11)14(22)10-5-9(7-18)15(23)20(8-10)16-19-3-4-24-16/h1-6,8,21H. The number of nitriles is 1. The first-order chi connectivity index (χ1) is 11.5. The number of hydrogen-bond donors (Lipinski definition) is 1. The molecule has 0 aliphatic rings. The van der Waals surface area contributed by atoms with Gasteiger partial charge in [-0.25, -0.2) is 4.98 Å². The SMILES string of the molecule is N#Cc1cc(C(=O)c2cc(Cl)ccc2O)cn(-c2nccs2)c1=O. The lowest BCUT2D eigenvalue weighted by Gasteiger charge is -2.08. The first-order valence-corrected chi connectivity index (χ1v) is 7.87. The second-order valence-electron chi connectivity index (χ2n) is 4.73. The Bertz CT molecular complexity index is 1040. The molecule has 6 nitrogen and oxygen atoms in total. The number of aromatic nitrogens is 2. The number of phenols is 1. The number of pyridine rings is 1. The summed E-state index contributed by atoms with van der Waals surface area (Å²) >= 11 is 7.06. The first-order valence-electron chi connectivity index (χ1n) is 6.61. The molecule has 0 aliphatic carbocycles. The fraction of sp³-hybridized carbons (Fsp3) is 0. The molecule has 1 N–H and O–H groups in total. The minimum atomic E-state index is -0.570. The molecule has 0 unspecified atom stereocenters. The molecule has 0 bridgehead atoms. The molecule has 2 heterocycles. The van der Waals surface area contributed by atoms with E-state index < -0.39 is 11.3 Å². The van der Waals surface area contributed by atoms with Gasteiger partial charge in [-0.15, -0.1) is 11.3 Å². The Morgan fingerprint density at radius 2 is 2.17 bits per heavy atom.